The third kappa shape index (κ3) is 5.61. The van der Waals surface area contributed by atoms with Gasteiger partial charge in [0.05, 0.1) is 12.8 Å². The van der Waals surface area contributed by atoms with Crippen molar-refractivity contribution in [3.63, 3.8) is 0 Å². The van der Waals surface area contributed by atoms with Gasteiger partial charge in [0, 0.05) is 44.4 Å². The van der Waals surface area contributed by atoms with Gasteiger partial charge in [0.15, 0.2) is 0 Å². The maximum absolute atomic E-state index is 13.2. The number of aromatic nitrogens is 2. The smallest absolute Gasteiger partial charge is 0.267 e. The van der Waals surface area contributed by atoms with E-state index in [0.717, 1.165) is 30.9 Å². The Hall–Kier alpha value is -3.71. The molecule has 0 N–H and O–H groups in total. The second-order valence-electron chi connectivity index (χ2n) is 8.34. The molecule has 0 saturated carbocycles. The van der Waals surface area contributed by atoms with E-state index in [9.17, 15) is 9.59 Å². The molecular formula is C27H30N4O3. The normalized spacial score (nSPS) is 15.4. The number of benzene rings is 2. The maximum atomic E-state index is 13.2. The Morgan fingerprint density at radius 2 is 1.71 bits per heavy atom. The first kappa shape index (κ1) is 23.4. The van der Waals surface area contributed by atoms with Crippen LogP contribution in [0.15, 0.2) is 77.6 Å². The van der Waals surface area contributed by atoms with E-state index >= 15 is 0 Å². The summed E-state index contributed by atoms with van der Waals surface area (Å²) in [7, 11) is 1.61. The minimum atomic E-state index is -0.671. The number of hydrogen-bond donors (Lipinski definition) is 0. The quantitative estimate of drug-likeness (QED) is 0.543. The lowest BCUT2D eigenvalue weighted by atomic mass is 10.1. The van der Waals surface area contributed by atoms with Gasteiger partial charge in [-0.1, -0.05) is 42.5 Å². The van der Waals surface area contributed by atoms with Gasteiger partial charge in [-0.3, -0.25) is 14.5 Å². The van der Waals surface area contributed by atoms with Gasteiger partial charge < -0.3 is 9.64 Å². The molecule has 7 nitrogen and oxygen atoms in total. The Labute approximate surface area is 199 Å². The van der Waals surface area contributed by atoms with Crippen LogP contribution >= 0.6 is 0 Å². The Balaban J connectivity index is 1.37. The van der Waals surface area contributed by atoms with Gasteiger partial charge in [-0.25, -0.2) is 4.68 Å². The highest BCUT2D eigenvalue weighted by Crippen LogP contribution is 2.20. The van der Waals surface area contributed by atoms with Gasteiger partial charge >= 0.3 is 0 Å². The molecule has 1 amide bonds. The fraction of sp³-hybridized carbons (Fsp3) is 0.296. The Bertz CT molecular complexity index is 1180. The van der Waals surface area contributed by atoms with Crippen molar-refractivity contribution in [2.24, 2.45) is 0 Å². The lowest BCUT2D eigenvalue weighted by Crippen LogP contribution is -2.51. The summed E-state index contributed by atoms with van der Waals surface area (Å²) in [6.45, 7) is 5.45. The van der Waals surface area contributed by atoms with E-state index in [1.807, 2.05) is 47.4 Å². The number of hydrogen-bond acceptors (Lipinski definition) is 5. The summed E-state index contributed by atoms with van der Waals surface area (Å²) in [5.41, 5.74) is 2.38. The number of rotatable bonds is 7. The van der Waals surface area contributed by atoms with Gasteiger partial charge in [0.2, 0.25) is 5.91 Å². The van der Waals surface area contributed by atoms with Crippen molar-refractivity contribution in [2.45, 2.75) is 13.0 Å². The number of carbonyl (C=O) groups excluding carboxylic acids is 1. The number of nitrogens with zero attached hydrogens (tertiary/aromatic N) is 4. The standard InChI is InChI=1S/C27H30N4O3/c1-21(31-26(32)15-14-25(28-31)23-10-12-24(34-2)13-11-23)27(33)30-19-17-29(18-20-30)16-6-9-22-7-4-3-5-8-22/h3-15,21H,16-20H2,1-2H3/b9-6+. The number of carbonyl (C=O) groups is 1. The highest BCUT2D eigenvalue weighted by molar-refractivity contribution is 5.80. The molecule has 1 saturated heterocycles. The summed E-state index contributed by atoms with van der Waals surface area (Å²) in [5.74, 6) is 0.663. The zero-order chi connectivity index (χ0) is 23.9. The van der Waals surface area contributed by atoms with Gasteiger partial charge in [0.25, 0.3) is 5.56 Å². The monoisotopic (exact) mass is 458 g/mol. The van der Waals surface area contributed by atoms with E-state index in [2.05, 4.69) is 34.3 Å². The first-order valence-corrected chi connectivity index (χ1v) is 11.5. The first-order valence-electron chi connectivity index (χ1n) is 11.5. The number of piperazine rings is 1. The average molecular weight is 459 g/mol. The van der Waals surface area contributed by atoms with Crippen LogP contribution in [-0.4, -0.2) is 65.3 Å². The van der Waals surface area contributed by atoms with E-state index in [1.165, 1.54) is 16.3 Å². The summed E-state index contributed by atoms with van der Waals surface area (Å²) in [4.78, 5) is 29.8. The van der Waals surface area contributed by atoms with Crippen LogP contribution in [0, 0.1) is 0 Å². The fourth-order valence-corrected chi connectivity index (χ4v) is 4.04. The van der Waals surface area contributed by atoms with Crippen LogP contribution in [0.3, 0.4) is 0 Å². The van der Waals surface area contributed by atoms with Crippen LogP contribution in [0.4, 0.5) is 0 Å². The zero-order valence-corrected chi connectivity index (χ0v) is 19.6. The lowest BCUT2D eigenvalue weighted by Gasteiger charge is -2.35. The molecule has 0 radical (unpaired) electrons. The fourth-order valence-electron chi connectivity index (χ4n) is 4.04. The van der Waals surface area contributed by atoms with E-state index in [0.29, 0.717) is 18.8 Å². The second kappa shape index (κ2) is 10.9. The van der Waals surface area contributed by atoms with Crippen LogP contribution in [0.5, 0.6) is 5.75 Å². The van der Waals surface area contributed by atoms with Crippen molar-refractivity contribution in [3.05, 3.63) is 88.7 Å². The summed E-state index contributed by atoms with van der Waals surface area (Å²) in [5, 5.41) is 4.49. The largest absolute Gasteiger partial charge is 0.497 e. The SMILES string of the molecule is COc1ccc(-c2ccc(=O)n(C(C)C(=O)N3CCN(C/C=C/c4ccccc4)CC3)n2)cc1. The topological polar surface area (TPSA) is 67.7 Å². The van der Waals surface area contributed by atoms with Crippen LogP contribution in [0.2, 0.25) is 0 Å². The van der Waals surface area contributed by atoms with Crippen molar-refractivity contribution < 1.29 is 9.53 Å². The molecule has 0 spiro atoms. The summed E-state index contributed by atoms with van der Waals surface area (Å²) in [6, 6.07) is 20.1. The lowest BCUT2D eigenvalue weighted by molar-refractivity contribution is -0.136. The molecule has 4 rings (SSSR count). The average Bonchev–Trinajstić information content (AvgIpc) is 2.89. The molecule has 3 aromatic rings. The molecule has 0 bridgehead atoms. The van der Waals surface area contributed by atoms with E-state index in [4.69, 9.17) is 4.74 Å². The molecule has 176 valence electrons. The molecule has 1 atom stereocenters. The van der Waals surface area contributed by atoms with E-state index in [1.54, 1.807) is 20.1 Å². The zero-order valence-electron chi connectivity index (χ0n) is 19.6. The first-order chi connectivity index (χ1) is 16.5. The molecule has 0 aliphatic carbocycles. The van der Waals surface area contributed by atoms with Crippen molar-refractivity contribution in [3.8, 4) is 17.0 Å². The molecule has 34 heavy (non-hydrogen) atoms. The van der Waals surface area contributed by atoms with Gasteiger partial charge in [0.1, 0.15) is 11.8 Å². The molecule has 7 heteroatoms. The number of amides is 1. The summed E-state index contributed by atoms with van der Waals surface area (Å²) in [6.07, 6.45) is 4.27. The number of methoxy groups -OCH3 is 1. The van der Waals surface area contributed by atoms with Crippen molar-refractivity contribution in [1.29, 1.82) is 0 Å². The minimum absolute atomic E-state index is 0.0824. The van der Waals surface area contributed by atoms with Crippen molar-refractivity contribution in [2.75, 3.05) is 39.8 Å². The molecule has 2 heterocycles. The number of ether oxygens (including phenoxy) is 1. The summed E-state index contributed by atoms with van der Waals surface area (Å²) < 4.78 is 6.49. The highest BCUT2D eigenvalue weighted by atomic mass is 16.5. The van der Waals surface area contributed by atoms with Gasteiger partial charge in [-0.05, 0) is 42.8 Å². The molecule has 1 aliphatic heterocycles. The molecule has 1 unspecified atom stereocenters. The molecule has 1 fully saturated rings. The van der Waals surface area contributed by atoms with Crippen molar-refractivity contribution >= 4 is 12.0 Å². The summed E-state index contributed by atoms with van der Waals surface area (Å²) >= 11 is 0. The molecule has 2 aromatic carbocycles. The Morgan fingerprint density at radius 3 is 2.38 bits per heavy atom. The van der Waals surface area contributed by atoms with Crippen LogP contribution < -0.4 is 10.3 Å². The third-order valence-electron chi connectivity index (χ3n) is 6.09. The van der Waals surface area contributed by atoms with Crippen LogP contribution in [0.1, 0.15) is 18.5 Å². The second-order valence-corrected chi connectivity index (χ2v) is 8.34. The van der Waals surface area contributed by atoms with Crippen molar-refractivity contribution in [1.82, 2.24) is 19.6 Å². The maximum Gasteiger partial charge on any atom is 0.267 e. The third-order valence-corrected chi connectivity index (χ3v) is 6.09. The predicted octanol–water partition coefficient (Wildman–Crippen LogP) is 3.34. The van der Waals surface area contributed by atoms with Crippen LogP contribution in [-0.2, 0) is 4.79 Å². The molecule has 1 aliphatic rings. The van der Waals surface area contributed by atoms with E-state index in [-0.39, 0.29) is 11.5 Å². The molecule has 1 aromatic heterocycles. The van der Waals surface area contributed by atoms with Gasteiger partial charge in [-0.2, -0.15) is 5.10 Å². The van der Waals surface area contributed by atoms with Crippen LogP contribution in [0.25, 0.3) is 17.3 Å². The Kier molecular flexibility index (Phi) is 7.54. The minimum Gasteiger partial charge on any atom is -0.497 e. The van der Waals surface area contributed by atoms with Gasteiger partial charge in [-0.15, -0.1) is 0 Å². The highest BCUT2D eigenvalue weighted by Gasteiger charge is 2.27. The molecular weight excluding hydrogens is 428 g/mol. The van der Waals surface area contributed by atoms with E-state index < -0.39 is 6.04 Å². The predicted molar refractivity (Wildman–Crippen MR) is 134 cm³/mol. The Morgan fingerprint density at radius 1 is 1.00 bits per heavy atom.